The van der Waals surface area contributed by atoms with Crippen LogP contribution in [-0.4, -0.2) is 7.11 Å². The maximum Gasteiger partial charge on any atom is 0.223 e. The van der Waals surface area contributed by atoms with Gasteiger partial charge in [0.25, 0.3) is 0 Å². The molecular formula is C32H25BrFNO. The van der Waals surface area contributed by atoms with E-state index in [9.17, 15) is 4.39 Å². The van der Waals surface area contributed by atoms with E-state index in [1.807, 2.05) is 48.5 Å². The van der Waals surface area contributed by atoms with E-state index in [2.05, 4.69) is 60.9 Å². The average Bonchev–Trinajstić information content (AvgIpc) is 2.88. The zero-order valence-electron chi connectivity index (χ0n) is 20.3. The Bertz CT molecular complexity index is 1760. The smallest absolute Gasteiger partial charge is 0.223 e. The van der Waals surface area contributed by atoms with Crippen LogP contribution in [0.3, 0.4) is 0 Å². The molecule has 0 radical (unpaired) electrons. The van der Waals surface area contributed by atoms with Crippen LogP contribution in [0.1, 0.15) is 11.1 Å². The largest absolute Gasteiger partial charge is 1.00 e. The first-order chi connectivity index (χ1) is 17.1. The normalized spacial score (nSPS) is 11.1. The number of pyridine rings is 1. The van der Waals surface area contributed by atoms with E-state index in [1.54, 1.807) is 13.2 Å². The summed E-state index contributed by atoms with van der Waals surface area (Å²) in [4.78, 5) is 0. The molecule has 178 valence electrons. The molecule has 6 rings (SSSR count). The van der Waals surface area contributed by atoms with Crippen molar-refractivity contribution in [3.05, 3.63) is 114 Å². The number of methoxy groups -OCH3 is 1. The number of aryl methyl sites for hydroxylation is 2. The second kappa shape index (κ2) is 9.36. The van der Waals surface area contributed by atoms with Crippen LogP contribution in [0, 0.1) is 19.7 Å². The van der Waals surface area contributed by atoms with Gasteiger partial charge in [-0.1, -0.05) is 60.7 Å². The van der Waals surface area contributed by atoms with Gasteiger partial charge in [-0.25, -0.2) is 4.39 Å². The molecule has 0 atom stereocenters. The van der Waals surface area contributed by atoms with Gasteiger partial charge >= 0.3 is 0 Å². The topological polar surface area (TPSA) is 13.1 Å². The molecular weight excluding hydrogens is 513 g/mol. The highest BCUT2D eigenvalue weighted by atomic mass is 79.9. The molecule has 0 aliphatic carbocycles. The van der Waals surface area contributed by atoms with E-state index in [-0.39, 0.29) is 22.8 Å². The maximum atomic E-state index is 14.8. The molecule has 36 heavy (non-hydrogen) atoms. The molecule has 0 aliphatic rings. The highest BCUT2D eigenvalue weighted by Crippen LogP contribution is 2.43. The summed E-state index contributed by atoms with van der Waals surface area (Å²) in [6.07, 6.45) is 0. The molecule has 1 heterocycles. The molecule has 5 aromatic carbocycles. The predicted molar refractivity (Wildman–Crippen MR) is 142 cm³/mol. The molecule has 0 fully saturated rings. The third-order valence-corrected chi connectivity index (χ3v) is 6.82. The Morgan fingerprint density at radius 3 is 2.17 bits per heavy atom. The van der Waals surface area contributed by atoms with Crippen molar-refractivity contribution in [2.45, 2.75) is 13.8 Å². The van der Waals surface area contributed by atoms with Crippen molar-refractivity contribution in [3.63, 3.8) is 0 Å². The van der Waals surface area contributed by atoms with Crippen LogP contribution >= 0.6 is 0 Å². The SMILES string of the molecule is COc1cccc2c1c(-c1ccc(F)c3ccccc13)c1c(C)cc(C)cc1[n+]2-c1ccccc1.[Br-]. The molecule has 2 nitrogen and oxygen atoms in total. The van der Waals surface area contributed by atoms with Crippen molar-refractivity contribution in [1.29, 1.82) is 0 Å². The van der Waals surface area contributed by atoms with Gasteiger partial charge in [-0.2, -0.15) is 4.57 Å². The Morgan fingerprint density at radius 2 is 1.42 bits per heavy atom. The van der Waals surface area contributed by atoms with Gasteiger partial charge in [0.15, 0.2) is 0 Å². The van der Waals surface area contributed by atoms with Crippen LogP contribution in [0.15, 0.2) is 97.1 Å². The summed E-state index contributed by atoms with van der Waals surface area (Å²) in [5.41, 5.74) is 7.64. The van der Waals surface area contributed by atoms with Crippen LogP contribution in [0.5, 0.6) is 5.75 Å². The molecule has 0 unspecified atom stereocenters. The van der Waals surface area contributed by atoms with Crippen LogP contribution in [0.25, 0.3) is 49.4 Å². The maximum absolute atomic E-state index is 14.8. The second-order valence-electron chi connectivity index (χ2n) is 9.02. The van der Waals surface area contributed by atoms with Gasteiger partial charge in [-0.05, 0) is 48.1 Å². The number of hydrogen-bond donors (Lipinski definition) is 0. The standard InChI is InChI=1S/C32H25FNO.BrH/c1-20-18-21(2)30-28(19-20)34(22-10-5-4-6-11-22)27-14-9-15-29(35-3)32(27)31(30)25-16-17-26(33)24-13-8-7-12-23(24)25;/h4-19H,1-3H3;1H/q+1;/p-1. The van der Waals surface area contributed by atoms with E-state index in [4.69, 9.17) is 4.74 Å². The number of benzene rings is 5. The molecule has 6 aromatic rings. The molecule has 0 saturated carbocycles. The molecule has 0 saturated heterocycles. The Labute approximate surface area is 220 Å². The fourth-order valence-corrected chi connectivity index (χ4v) is 5.43. The lowest BCUT2D eigenvalue weighted by molar-refractivity contribution is -0.538. The summed E-state index contributed by atoms with van der Waals surface area (Å²) in [6.45, 7) is 4.28. The van der Waals surface area contributed by atoms with Gasteiger partial charge in [0.1, 0.15) is 11.6 Å². The Morgan fingerprint density at radius 1 is 0.694 bits per heavy atom. The Kier molecular flexibility index (Phi) is 6.23. The minimum Gasteiger partial charge on any atom is -1.00 e. The molecule has 0 amide bonds. The predicted octanol–water partition coefficient (Wildman–Crippen LogP) is 4.86. The number of nitrogens with zero attached hydrogens (tertiary/aromatic N) is 1. The zero-order valence-corrected chi connectivity index (χ0v) is 21.9. The zero-order chi connectivity index (χ0) is 24.1. The van der Waals surface area contributed by atoms with Crippen molar-refractivity contribution in [1.82, 2.24) is 0 Å². The van der Waals surface area contributed by atoms with Crippen LogP contribution in [0.2, 0.25) is 0 Å². The van der Waals surface area contributed by atoms with Gasteiger partial charge in [-0.15, -0.1) is 0 Å². The lowest BCUT2D eigenvalue weighted by Gasteiger charge is -2.18. The van der Waals surface area contributed by atoms with Gasteiger partial charge in [0.2, 0.25) is 16.7 Å². The van der Waals surface area contributed by atoms with Crippen molar-refractivity contribution in [2.24, 2.45) is 0 Å². The van der Waals surface area contributed by atoms with Gasteiger partial charge in [-0.3, -0.25) is 0 Å². The highest BCUT2D eigenvalue weighted by molar-refractivity contribution is 6.15. The summed E-state index contributed by atoms with van der Waals surface area (Å²) in [7, 11) is 1.71. The molecule has 0 N–H and O–H groups in total. The lowest BCUT2D eigenvalue weighted by Crippen LogP contribution is -3.00. The monoisotopic (exact) mass is 537 g/mol. The Balaban J connectivity index is 0.00000267. The second-order valence-corrected chi connectivity index (χ2v) is 9.02. The summed E-state index contributed by atoms with van der Waals surface area (Å²) in [5, 5.41) is 3.65. The van der Waals surface area contributed by atoms with Crippen molar-refractivity contribution < 1.29 is 30.7 Å². The van der Waals surface area contributed by atoms with E-state index >= 15 is 0 Å². The number of halogens is 2. The summed E-state index contributed by atoms with van der Waals surface area (Å²) in [6, 6.07) is 32.2. The number of para-hydroxylation sites is 1. The van der Waals surface area contributed by atoms with Gasteiger partial charge in [0.05, 0.1) is 17.9 Å². The van der Waals surface area contributed by atoms with E-state index in [0.717, 1.165) is 49.8 Å². The van der Waals surface area contributed by atoms with Gasteiger partial charge in [0, 0.05) is 35.2 Å². The fraction of sp³-hybridized carbons (Fsp3) is 0.0938. The first-order valence-corrected chi connectivity index (χ1v) is 11.8. The number of fused-ring (bicyclic) bond motifs is 3. The lowest BCUT2D eigenvalue weighted by atomic mass is 9.89. The molecule has 4 heteroatoms. The van der Waals surface area contributed by atoms with Crippen LogP contribution < -0.4 is 26.3 Å². The van der Waals surface area contributed by atoms with E-state index in [1.165, 1.54) is 11.1 Å². The average molecular weight is 538 g/mol. The summed E-state index contributed by atoms with van der Waals surface area (Å²) < 4.78 is 23.1. The molecule has 0 aliphatic heterocycles. The third kappa shape index (κ3) is 3.64. The van der Waals surface area contributed by atoms with E-state index in [0.29, 0.717) is 5.39 Å². The summed E-state index contributed by atoms with van der Waals surface area (Å²) in [5.74, 6) is 0.574. The first-order valence-electron chi connectivity index (χ1n) is 11.8. The third-order valence-electron chi connectivity index (χ3n) is 6.82. The quantitative estimate of drug-likeness (QED) is 0.232. The van der Waals surface area contributed by atoms with Crippen LogP contribution in [-0.2, 0) is 0 Å². The number of rotatable bonds is 3. The van der Waals surface area contributed by atoms with Crippen molar-refractivity contribution in [2.75, 3.05) is 7.11 Å². The van der Waals surface area contributed by atoms with Crippen LogP contribution in [0.4, 0.5) is 4.39 Å². The number of hydrogen-bond acceptors (Lipinski definition) is 1. The highest BCUT2D eigenvalue weighted by Gasteiger charge is 2.27. The molecule has 0 bridgehead atoms. The Hall–Kier alpha value is -3.76. The number of aromatic nitrogens is 1. The van der Waals surface area contributed by atoms with Crippen molar-refractivity contribution >= 4 is 32.6 Å². The first kappa shape index (κ1) is 24.0. The number of ether oxygens (including phenoxy) is 1. The van der Waals surface area contributed by atoms with Crippen molar-refractivity contribution in [3.8, 4) is 22.6 Å². The van der Waals surface area contributed by atoms with Gasteiger partial charge < -0.3 is 21.7 Å². The summed E-state index contributed by atoms with van der Waals surface area (Å²) >= 11 is 0. The molecule has 0 spiro atoms. The molecule has 1 aromatic heterocycles. The van der Waals surface area contributed by atoms with E-state index < -0.39 is 0 Å². The minimum atomic E-state index is -0.215. The minimum absolute atomic E-state index is 0. The fourth-order valence-electron chi connectivity index (χ4n) is 5.43.